The number of pyridine rings is 1. The van der Waals surface area contributed by atoms with Crippen molar-refractivity contribution in [3.8, 4) is 0 Å². The van der Waals surface area contributed by atoms with Gasteiger partial charge in [-0.15, -0.1) is 0 Å². The molecule has 2 nitrogen and oxygen atoms in total. The minimum atomic E-state index is -0.715. The highest BCUT2D eigenvalue weighted by Crippen LogP contribution is 2.26. The van der Waals surface area contributed by atoms with Crippen LogP contribution in [-0.2, 0) is 6.54 Å². The molecule has 0 saturated heterocycles. The molecule has 94 valence electrons. The third-order valence-corrected chi connectivity index (χ3v) is 2.70. The van der Waals surface area contributed by atoms with Gasteiger partial charge in [0.2, 0.25) is 0 Å². The van der Waals surface area contributed by atoms with Gasteiger partial charge in [-0.05, 0) is 25.1 Å². The van der Waals surface area contributed by atoms with Crippen LogP contribution in [0.4, 0.5) is 14.5 Å². The second kappa shape index (κ2) is 5.31. The summed E-state index contributed by atoms with van der Waals surface area (Å²) in [7, 11) is 0. The number of nitrogens with zero attached hydrogens (tertiary/aromatic N) is 1. The summed E-state index contributed by atoms with van der Waals surface area (Å²) in [5, 5.41) is 2.83. The highest BCUT2D eigenvalue weighted by molar-refractivity contribution is 6.33. The number of aromatic nitrogens is 1. The quantitative estimate of drug-likeness (QED) is 0.912. The first kappa shape index (κ1) is 12.8. The molecule has 0 unspecified atom stereocenters. The molecule has 0 saturated carbocycles. The lowest BCUT2D eigenvalue weighted by atomic mass is 10.2. The van der Waals surface area contributed by atoms with Crippen molar-refractivity contribution < 1.29 is 8.78 Å². The fourth-order valence-electron chi connectivity index (χ4n) is 1.59. The monoisotopic (exact) mass is 268 g/mol. The number of benzene rings is 1. The summed E-state index contributed by atoms with van der Waals surface area (Å²) < 4.78 is 26.3. The van der Waals surface area contributed by atoms with E-state index >= 15 is 0 Å². The Kier molecular flexibility index (Phi) is 3.77. The Hall–Kier alpha value is -1.68. The summed E-state index contributed by atoms with van der Waals surface area (Å²) in [4.78, 5) is 4.26. The van der Waals surface area contributed by atoms with E-state index in [1.165, 1.54) is 0 Å². The average Bonchev–Trinajstić information content (AvgIpc) is 2.27. The molecule has 0 fully saturated rings. The maximum absolute atomic E-state index is 13.5. The normalized spacial score (nSPS) is 10.4. The Labute approximate surface area is 109 Å². The molecule has 1 aromatic carbocycles. The lowest BCUT2D eigenvalue weighted by Gasteiger charge is -2.09. The van der Waals surface area contributed by atoms with Crippen molar-refractivity contribution in [3.63, 3.8) is 0 Å². The largest absolute Gasteiger partial charge is 0.376 e. The highest BCUT2D eigenvalue weighted by Gasteiger charge is 2.09. The molecule has 0 atom stereocenters. The second-order valence-corrected chi connectivity index (χ2v) is 4.28. The van der Waals surface area contributed by atoms with E-state index in [-0.39, 0.29) is 10.7 Å². The van der Waals surface area contributed by atoms with Crippen molar-refractivity contribution in [2.24, 2.45) is 0 Å². The molecular weight excluding hydrogens is 258 g/mol. The van der Waals surface area contributed by atoms with Crippen molar-refractivity contribution in [1.82, 2.24) is 4.98 Å². The molecule has 0 spiro atoms. The molecular formula is C13H11ClF2N2. The number of hydrogen-bond donors (Lipinski definition) is 1. The first-order valence-electron chi connectivity index (χ1n) is 5.37. The first-order valence-corrected chi connectivity index (χ1v) is 5.75. The second-order valence-electron chi connectivity index (χ2n) is 3.87. The predicted molar refractivity (Wildman–Crippen MR) is 67.7 cm³/mol. The Morgan fingerprint density at radius 3 is 2.72 bits per heavy atom. The number of aryl methyl sites for hydroxylation is 1. The summed E-state index contributed by atoms with van der Waals surface area (Å²) in [6, 6.07) is 7.40. The summed E-state index contributed by atoms with van der Waals surface area (Å²) in [5.41, 5.74) is 1.72. The minimum Gasteiger partial charge on any atom is -0.376 e. The summed E-state index contributed by atoms with van der Waals surface area (Å²) in [6.07, 6.45) is 0. The van der Waals surface area contributed by atoms with Gasteiger partial charge >= 0.3 is 0 Å². The van der Waals surface area contributed by atoms with Crippen LogP contribution < -0.4 is 5.32 Å². The number of rotatable bonds is 3. The van der Waals surface area contributed by atoms with Crippen LogP contribution in [0.2, 0.25) is 5.02 Å². The van der Waals surface area contributed by atoms with E-state index < -0.39 is 11.6 Å². The van der Waals surface area contributed by atoms with Crippen molar-refractivity contribution in [2.45, 2.75) is 13.5 Å². The molecule has 18 heavy (non-hydrogen) atoms. The predicted octanol–water partition coefficient (Wildman–Crippen LogP) is 3.93. The summed E-state index contributed by atoms with van der Waals surface area (Å²) in [5.74, 6) is -1.41. The molecule has 0 aliphatic rings. The Bertz CT molecular complexity index is 550. The summed E-state index contributed by atoms with van der Waals surface area (Å²) >= 11 is 5.77. The van der Waals surface area contributed by atoms with Gasteiger partial charge in [-0.3, -0.25) is 4.98 Å². The highest BCUT2D eigenvalue weighted by atomic mass is 35.5. The molecule has 1 aromatic heterocycles. The van der Waals surface area contributed by atoms with Crippen LogP contribution in [0.5, 0.6) is 0 Å². The topological polar surface area (TPSA) is 24.9 Å². The van der Waals surface area contributed by atoms with Crippen molar-refractivity contribution in [2.75, 3.05) is 5.32 Å². The van der Waals surface area contributed by atoms with Gasteiger partial charge in [0.1, 0.15) is 5.82 Å². The van der Waals surface area contributed by atoms with E-state index in [0.717, 1.165) is 23.5 Å². The standard InChI is InChI=1S/C13H11ClF2N2/c1-8-3-2-4-10(18-8)7-17-13-11(14)5-9(15)6-12(13)16/h2-6,17H,7H2,1H3. The Morgan fingerprint density at radius 1 is 1.28 bits per heavy atom. The fraction of sp³-hybridized carbons (Fsp3) is 0.154. The van der Waals surface area contributed by atoms with Gasteiger partial charge in [-0.1, -0.05) is 17.7 Å². The zero-order valence-corrected chi connectivity index (χ0v) is 10.4. The SMILES string of the molecule is Cc1cccc(CNc2c(F)cc(F)cc2Cl)n1. The Balaban J connectivity index is 2.16. The van der Waals surface area contributed by atoms with Gasteiger partial charge in [-0.2, -0.15) is 0 Å². The minimum absolute atomic E-state index is 0.0140. The van der Waals surface area contributed by atoms with E-state index in [4.69, 9.17) is 11.6 Å². The number of halogens is 3. The van der Waals surface area contributed by atoms with E-state index in [2.05, 4.69) is 10.3 Å². The number of nitrogens with one attached hydrogen (secondary N) is 1. The van der Waals surface area contributed by atoms with Crippen LogP contribution in [-0.4, -0.2) is 4.98 Å². The molecule has 0 aliphatic heterocycles. The lowest BCUT2D eigenvalue weighted by Crippen LogP contribution is -2.04. The van der Waals surface area contributed by atoms with Crippen molar-refractivity contribution in [1.29, 1.82) is 0 Å². The number of hydrogen-bond acceptors (Lipinski definition) is 2. The van der Waals surface area contributed by atoms with Gasteiger partial charge in [0.25, 0.3) is 0 Å². The molecule has 2 rings (SSSR count). The average molecular weight is 269 g/mol. The smallest absolute Gasteiger partial charge is 0.150 e. The van der Waals surface area contributed by atoms with Crippen LogP contribution >= 0.6 is 11.6 Å². The van der Waals surface area contributed by atoms with Crippen LogP contribution in [0.3, 0.4) is 0 Å². The molecule has 0 aliphatic carbocycles. The summed E-state index contributed by atoms with van der Waals surface area (Å²) in [6.45, 7) is 2.19. The molecule has 0 radical (unpaired) electrons. The molecule has 0 amide bonds. The zero-order chi connectivity index (χ0) is 13.1. The Morgan fingerprint density at radius 2 is 2.06 bits per heavy atom. The first-order chi connectivity index (χ1) is 8.56. The van der Waals surface area contributed by atoms with E-state index in [1.807, 2.05) is 25.1 Å². The van der Waals surface area contributed by atoms with Gasteiger partial charge in [0.15, 0.2) is 5.82 Å². The molecule has 1 N–H and O–H groups in total. The van der Waals surface area contributed by atoms with Gasteiger partial charge in [0, 0.05) is 11.8 Å². The van der Waals surface area contributed by atoms with Crippen LogP contribution in [0.15, 0.2) is 30.3 Å². The van der Waals surface area contributed by atoms with E-state index in [0.29, 0.717) is 6.54 Å². The lowest BCUT2D eigenvalue weighted by molar-refractivity contribution is 0.585. The maximum Gasteiger partial charge on any atom is 0.150 e. The molecule has 1 heterocycles. The third-order valence-electron chi connectivity index (χ3n) is 2.40. The van der Waals surface area contributed by atoms with Crippen molar-refractivity contribution >= 4 is 17.3 Å². The van der Waals surface area contributed by atoms with Gasteiger partial charge < -0.3 is 5.32 Å². The third kappa shape index (κ3) is 2.96. The van der Waals surface area contributed by atoms with Crippen LogP contribution in [0.1, 0.15) is 11.4 Å². The molecule has 5 heteroatoms. The van der Waals surface area contributed by atoms with E-state index in [1.54, 1.807) is 0 Å². The maximum atomic E-state index is 13.5. The van der Waals surface area contributed by atoms with E-state index in [9.17, 15) is 8.78 Å². The van der Waals surface area contributed by atoms with Crippen LogP contribution in [0, 0.1) is 18.6 Å². The fourth-order valence-corrected chi connectivity index (χ4v) is 1.85. The van der Waals surface area contributed by atoms with Gasteiger partial charge in [0.05, 0.1) is 22.9 Å². The van der Waals surface area contributed by atoms with Gasteiger partial charge in [-0.25, -0.2) is 8.78 Å². The van der Waals surface area contributed by atoms with Crippen LogP contribution in [0.25, 0.3) is 0 Å². The number of anilines is 1. The molecule has 2 aromatic rings. The van der Waals surface area contributed by atoms with Crippen molar-refractivity contribution in [3.05, 3.63) is 58.4 Å². The molecule has 0 bridgehead atoms. The zero-order valence-electron chi connectivity index (χ0n) is 9.67.